The van der Waals surface area contributed by atoms with Crippen LogP contribution in [-0.2, 0) is 10.0 Å². The van der Waals surface area contributed by atoms with E-state index < -0.39 is 16.1 Å². The number of nitrogens with zero attached hydrogens (tertiary/aromatic N) is 1. The summed E-state index contributed by atoms with van der Waals surface area (Å²) >= 11 is 3.24. The van der Waals surface area contributed by atoms with Crippen LogP contribution in [0.5, 0.6) is 0 Å². The van der Waals surface area contributed by atoms with Gasteiger partial charge in [-0.15, -0.1) is 0 Å². The molecule has 1 aliphatic rings. The van der Waals surface area contributed by atoms with E-state index in [4.69, 9.17) is 5.26 Å². The summed E-state index contributed by atoms with van der Waals surface area (Å²) in [6.45, 7) is 0. The predicted molar refractivity (Wildman–Crippen MR) is 66.6 cm³/mol. The van der Waals surface area contributed by atoms with Gasteiger partial charge < -0.3 is 0 Å². The standard InChI is InChI=1S/C11H11BrN2O2S/c12-9-3-5-10(6-4-9)17(15,16)14-11(7-13)8-1-2-8/h3-6,8,11,14H,1-2H2. The molecule has 1 aromatic rings. The molecule has 17 heavy (non-hydrogen) atoms. The van der Waals surface area contributed by atoms with Gasteiger partial charge in [0.25, 0.3) is 0 Å². The van der Waals surface area contributed by atoms with Gasteiger partial charge in [0, 0.05) is 4.47 Å². The largest absolute Gasteiger partial charge is 0.241 e. The van der Waals surface area contributed by atoms with E-state index in [9.17, 15) is 8.42 Å². The van der Waals surface area contributed by atoms with Crippen molar-refractivity contribution in [3.8, 4) is 6.07 Å². The first-order valence-corrected chi connectivity index (χ1v) is 7.48. The number of nitriles is 1. The Labute approximate surface area is 109 Å². The van der Waals surface area contributed by atoms with Gasteiger partial charge in [0.15, 0.2) is 0 Å². The molecular weight excluding hydrogens is 304 g/mol. The summed E-state index contributed by atoms with van der Waals surface area (Å²) in [5, 5.41) is 8.91. The Bertz CT molecular complexity index is 544. The fourth-order valence-corrected chi connectivity index (χ4v) is 2.98. The van der Waals surface area contributed by atoms with Gasteiger partial charge in [-0.05, 0) is 43.0 Å². The lowest BCUT2D eigenvalue weighted by atomic mass is 10.2. The van der Waals surface area contributed by atoms with Gasteiger partial charge in [-0.3, -0.25) is 0 Å². The van der Waals surface area contributed by atoms with E-state index in [2.05, 4.69) is 20.7 Å². The fourth-order valence-electron chi connectivity index (χ4n) is 1.51. The summed E-state index contributed by atoms with van der Waals surface area (Å²) in [6, 6.07) is 7.73. The van der Waals surface area contributed by atoms with Gasteiger partial charge >= 0.3 is 0 Å². The van der Waals surface area contributed by atoms with Crippen LogP contribution in [-0.4, -0.2) is 14.5 Å². The first kappa shape index (κ1) is 12.6. The number of sulfonamides is 1. The molecule has 0 amide bonds. The van der Waals surface area contributed by atoms with Gasteiger partial charge in [-0.1, -0.05) is 15.9 Å². The monoisotopic (exact) mass is 314 g/mol. The molecule has 0 heterocycles. The lowest BCUT2D eigenvalue weighted by Gasteiger charge is -2.11. The molecule has 1 fully saturated rings. The average molecular weight is 315 g/mol. The van der Waals surface area contributed by atoms with Crippen molar-refractivity contribution < 1.29 is 8.42 Å². The zero-order valence-corrected chi connectivity index (χ0v) is 11.3. The zero-order valence-electron chi connectivity index (χ0n) is 8.93. The summed E-state index contributed by atoms with van der Waals surface area (Å²) < 4.78 is 27.2. The van der Waals surface area contributed by atoms with Crippen molar-refractivity contribution >= 4 is 26.0 Å². The molecule has 1 unspecified atom stereocenters. The molecule has 1 aliphatic carbocycles. The molecule has 2 rings (SSSR count). The zero-order chi connectivity index (χ0) is 12.5. The summed E-state index contributed by atoms with van der Waals surface area (Å²) in [5.41, 5.74) is 0. The van der Waals surface area contributed by atoms with E-state index in [-0.39, 0.29) is 10.8 Å². The highest BCUT2D eigenvalue weighted by Gasteiger charge is 2.34. The molecule has 1 N–H and O–H groups in total. The number of hydrogen-bond acceptors (Lipinski definition) is 3. The van der Waals surface area contributed by atoms with Crippen molar-refractivity contribution in [2.24, 2.45) is 5.92 Å². The highest BCUT2D eigenvalue weighted by atomic mass is 79.9. The molecule has 4 nitrogen and oxygen atoms in total. The third-order valence-corrected chi connectivity index (χ3v) is 4.62. The van der Waals surface area contributed by atoms with Crippen LogP contribution in [0.25, 0.3) is 0 Å². The molecule has 0 aliphatic heterocycles. The minimum atomic E-state index is -3.59. The van der Waals surface area contributed by atoms with Crippen LogP contribution in [0.4, 0.5) is 0 Å². The van der Waals surface area contributed by atoms with Gasteiger partial charge in [-0.25, -0.2) is 8.42 Å². The Morgan fingerprint density at radius 3 is 2.41 bits per heavy atom. The second-order valence-corrected chi connectivity index (χ2v) is 6.65. The third kappa shape index (κ3) is 3.06. The molecule has 0 bridgehead atoms. The number of hydrogen-bond donors (Lipinski definition) is 1. The molecule has 0 aromatic heterocycles. The third-order valence-electron chi connectivity index (χ3n) is 2.64. The number of nitrogens with one attached hydrogen (secondary N) is 1. The van der Waals surface area contributed by atoms with Crippen molar-refractivity contribution in [1.82, 2.24) is 4.72 Å². The van der Waals surface area contributed by atoms with Crippen LogP contribution in [0.3, 0.4) is 0 Å². The van der Waals surface area contributed by atoms with Crippen molar-refractivity contribution in [1.29, 1.82) is 5.26 Å². The van der Waals surface area contributed by atoms with Crippen LogP contribution in [0.1, 0.15) is 12.8 Å². The fraction of sp³-hybridized carbons (Fsp3) is 0.364. The van der Waals surface area contributed by atoms with Crippen LogP contribution < -0.4 is 4.72 Å². The second-order valence-electron chi connectivity index (χ2n) is 4.02. The maximum absolute atomic E-state index is 12.0. The Morgan fingerprint density at radius 2 is 1.94 bits per heavy atom. The Kier molecular flexibility index (Phi) is 3.52. The maximum atomic E-state index is 12.0. The van der Waals surface area contributed by atoms with E-state index in [1.54, 1.807) is 12.1 Å². The average Bonchev–Trinajstić information content (AvgIpc) is 3.10. The Morgan fingerprint density at radius 1 is 1.35 bits per heavy atom. The van der Waals surface area contributed by atoms with Crippen molar-refractivity contribution in [3.05, 3.63) is 28.7 Å². The molecule has 1 saturated carbocycles. The van der Waals surface area contributed by atoms with E-state index in [0.29, 0.717) is 0 Å². The molecule has 1 atom stereocenters. The maximum Gasteiger partial charge on any atom is 0.241 e. The first-order chi connectivity index (χ1) is 8.03. The Hall–Kier alpha value is -0.900. The summed E-state index contributed by atoms with van der Waals surface area (Å²) in [6.07, 6.45) is 1.84. The molecule has 0 spiro atoms. The molecule has 1 aromatic carbocycles. The van der Waals surface area contributed by atoms with Crippen molar-refractivity contribution in [3.63, 3.8) is 0 Å². The Balaban J connectivity index is 2.18. The van der Waals surface area contributed by atoms with Crippen LogP contribution in [0, 0.1) is 17.2 Å². The van der Waals surface area contributed by atoms with Crippen LogP contribution >= 0.6 is 15.9 Å². The topological polar surface area (TPSA) is 70.0 Å². The lowest BCUT2D eigenvalue weighted by molar-refractivity contribution is 0.560. The van der Waals surface area contributed by atoms with E-state index in [0.717, 1.165) is 17.3 Å². The van der Waals surface area contributed by atoms with E-state index >= 15 is 0 Å². The summed E-state index contributed by atoms with van der Waals surface area (Å²) in [4.78, 5) is 0.182. The summed E-state index contributed by atoms with van der Waals surface area (Å²) in [7, 11) is -3.59. The quantitative estimate of drug-likeness (QED) is 0.924. The molecule has 0 radical (unpaired) electrons. The normalized spacial score (nSPS) is 17.4. The second kappa shape index (κ2) is 4.77. The van der Waals surface area contributed by atoms with Gasteiger partial charge in [0.1, 0.15) is 6.04 Å². The van der Waals surface area contributed by atoms with Crippen LogP contribution in [0.15, 0.2) is 33.6 Å². The number of rotatable bonds is 4. The predicted octanol–water partition coefficient (Wildman–Crippen LogP) is 2.03. The molecular formula is C11H11BrN2O2S. The summed E-state index contributed by atoms with van der Waals surface area (Å²) in [5.74, 6) is 0.172. The van der Waals surface area contributed by atoms with Gasteiger partial charge in [0.05, 0.1) is 11.0 Å². The smallest absolute Gasteiger partial charge is 0.207 e. The van der Waals surface area contributed by atoms with E-state index in [1.807, 2.05) is 6.07 Å². The highest BCUT2D eigenvalue weighted by Crippen LogP contribution is 2.33. The van der Waals surface area contributed by atoms with Gasteiger partial charge in [0.2, 0.25) is 10.0 Å². The molecule has 0 saturated heterocycles. The lowest BCUT2D eigenvalue weighted by Crippen LogP contribution is -2.35. The van der Waals surface area contributed by atoms with E-state index in [1.165, 1.54) is 12.1 Å². The number of benzene rings is 1. The van der Waals surface area contributed by atoms with Crippen LogP contribution in [0.2, 0.25) is 0 Å². The minimum absolute atomic E-state index is 0.172. The SMILES string of the molecule is N#CC(NS(=O)(=O)c1ccc(Br)cc1)C1CC1. The van der Waals surface area contributed by atoms with Crippen molar-refractivity contribution in [2.45, 2.75) is 23.8 Å². The molecule has 90 valence electrons. The minimum Gasteiger partial charge on any atom is -0.207 e. The highest BCUT2D eigenvalue weighted by molar-refractivity contribution is 9.10. The van der Waals surface area contributed by atoms with Gasteiger partial charge in [-0.2, -0.15) is 9.98 Å². The molecule has 6 heteroatoms. The first-order valence-electron chi connectivity index (χ1n) is 5.20. The number of halogens is 1. The van der Waals surface area contributed by atoms with Crippen molar-refractivity contribution in [2.75, 3.05) is 0 Å².